The third-order valence-electron chi connectivity index (χ3n) is 7.47. The number of aromatic nitrogens is 4. The number of nitrogens with zero attached hydrogens (tertiary/aromatic N) is 3. The molecule has 4 atom stereocenters. The monoisotopic (exact) mass is 606 g/mol. The zero-order valence-corrected chi connectivity index (χ0v) is 24.7. The molecular formula is C30H38N8O6. The van der Waals surface area contributed by atoms with Crippen LogP contribution in [0.5, 0.6) is 0 Å². The summed E-state index contributed by atoms with van der Waals surface area (Å²) in [6.45, 7) is 3.75. The van der Waals surface area contributed by atoms with Crippen LogP contribution in [0.1, 0.15) is 43.6 Å². The van der Waals surface area contributed by atoms with Crippen molar-refractivity contribution >= 4 is 29.6 Å². The average molecular weight is 607 g/mol. The highest BCUT2D eigenvalue weighted by atomic mass is 16.4. The number of amides is 4. The molecule has 0 spiro atoms. The van der Waals surface area contributed by atoms with E-state index in [0.717, 1.165) is 5.56 Å². The predicted molar refractivity (Wildman–Crippen MR) is 158 cm³/mol. The van der Waals surface area contributed by atoms with E-state index < -0.39 is 47.9 Å². The third kappa shape index (κ3) is 8.52. The van der Waals surface area contributed by atoms with Crippen LogP contribution in [0.25, 0.3) is 0 Å². The van der Waals surface area contributed by atoms with Crippen LogP contribution in [0.2, 0.25) is 0 Å². The van der Waals surface area contributed by atoms with Gasteiger partial charge in [0.15, 0.2) is 0 Å². The largest absolute Gasteiger partial charge is 0.480 e. The van der Waals surface area contributed by atoms with Gasteiger partial charge >= 0.3 is 5.97 Å². The summed E-state index contributed by atoms with van der Waals surface area (Å²) in [5.41, 5.74) is 1.93. The number of aromatic amines is 2. The van der Waals surface area contributed by atoms with Crippen molar-refractivity contribution < 1.29 is 29.1 Å². The van der Waals surface area contributed by atoms with Gasteiger partial charge in [-0.05, 0) is 18.4 Å². The van der Waals surface area contributed by atoms with Gasteiger partial charge in [-0.25, -0.2) is 14.8 Å². The maximum atomic E-state index is 13.8. The predicted octanol–water partition coefficient (Wildman–Crippen LogP) is 0.347. The van der Waals surface area contributed by atoms with Gasteiger partial charge < -0.3 is 35.9 Å². The molecule has 1 saturated heterocycles. The van der Waals surface area contributed by atoms with Crippen molar-refractivity contribution in [2.24, 2.45) is 5.92 Å². The van der Waals surface area contributed by atoms with Gasteiger partial charge in [0.2, 0.25) is 23.6 Å². The van der Waals surface area contributed by atoms with Gasteiger partial charge in [-0.15, -0.1) is 0 Å². The van der Waals surface area contributed by atoms with Crippen LogP contribution in [0, 0.1) is 5.92 Å². The van der Waals surface area contributed by atoms with Crippen LogP contribution >= 0.6 is 0 Å². The molecule has 0 unspecified atom stereocenters. The number of carboxylic acid groups (broad SMARTS) is 1. The van der Waals surface area contributed by atoms with Crippen LogP contribution in [-0.2, 0) is 43.2 Å². The first-order valence-corrected chi connectivity index (χ1v) is 14.5. The fourth-order valence-electron chi connectivity index (χ4n) is 5.07. The van der Waals surface area contributed by atoms with Crippen molar-refractivity contribution in [1.82, 2.24) is 40.8 Å². The zero-order valence-electron chi connectivity index (χ0n) is 24.7. The van der Waals surface area contributed by atoms with Crippen molar-refractivity contribution in [2.75, 3.05) is 6.54 Å². The van der Waals surface area contributed by atoms with Gasteiger partial charge in [0.05, 0.1) is 12.7 Å². The highest BCUT2D eigenvalue weighted by molar-refractivity contribution is 5.95. The van der Waals surface area contributed by atoms with Crippen LogP contribution < -0.4 is 16.0 Å². The number of rotatable bonds is 14. The number of hydrogen-bond acceptors (Lipinski definition) is 7. The van der Waals surface area contributed by atoms with E-state index in [4.69, 9.17) is 0 Å². The third-order valence-corrected chi connectivity index (χ3v) is 7.47. The number of hydrogen-bond donors (Lipinski definition) is 6. The lowest BCUT2D eigenvalue weighted by molar-refractivity contribution is -0.143. The van der Waals surface area contributed by atoms with Crippen molar-refractivity contribution in [3.63, 3.8) is 0 Å². The van der Waals surface area contributed by atoms with Gasteiger partial charge in [0.25, 0.3) is 0 Å². The molecular weight excluding hydrogens is 568 g/mol. The first-order valence-electron chi connectivity index (χ1n) is 14.5. The molecule has 2 aromatic heterocycles. The molecule has 6 N–H and O–H groups in total. The quantitative estimate of drug-likeness (QED) is 0.151. The summed E-state index contributed by atoms with van der Waals surface area (Å²) < 4.78 is 0. The molecule has 0 bridgehead atoms. The number of carboxylic acids is 1. The lowest BCUT2D eigenvalue weighted by Gasteiger charge is -2.30. The second-order valence-electron chi connectivity index (χ2n) is 11.1. The molecule has 1 aliphatic heterocycles. The Hall–Kier alpha value is -5.01. The molecule has 234 valence electrons. The number of nitrogens with one attached hydrogen (secondary N) is 5. The SMILES string of the molecule is CC(C)C(=O)N[C@@H](Cc1cnc[nH]1)C(=O)N1CCC[C@H]1C(=O)N[C@@H](Cc1ccccc1)C(=O)N[C@@H](Cc1cnc[nH]1)C(=O)O. The fourth-order valence-corrected chi connectivity index (χ4v) is 5.07. The first kappa shape index (κ1) is 31.9. The van der Waals surface area contributed by atoms with Crippen molar-refractivity contribution in [3.8, 4) is 0 Å². The summed E-state index contributed by atoms with van der Waals surface area (Å²) >= 11 is 0. The minimum absolute atomic E-state index is 0.0300. The number of carbonyl (C=O) groups excluding carboxylic acids is 4. The molecule has 1 aromatic carbocycles. The van der Waals surface area contributed by atoms with E-state index in [0.29, 0.717) is 30.8 Å². The Morgan fingerprint density at radius 2 is 1.48 bits per heavy atom. The Labute approximate surface area is 254 Å². The summed E-state index contributed by atoms with van der Waals surface area (Å²) in [6.07, 6.45) is 7.09. The van der Waals surface area contributed by atoms with Crippen LogP contribution in [0.15, 0.2) is 55.4 Å². The van der Waals surface area contributed by atoms with Crippen molar-refractivity contribution in [3.05, 3.63) is 72.3 Å². The number of likely N-dealkylation sites (tertiary alicyclic amines) is 1. The molecule has 3 aromatic rings. The summed E-state index contributed by atoms with van der Waals surface area (Å²) in [4.78, 5) is 80.6. The number of benzene rings is 1. The van der Waals surface area contributed by atoms with E-state index in [1.54, 1.807) is 44.3 Å². The van der Waals surface area contributed by atoms with Crippen LogP contribution in [-0.4, -0.2) is 90.3 Å². The fraction of sp³-hybridized carbons (Fsp3) is 0.433. The highest BCUT2D eigenvalue weighted by Gasteiger charge is 2.39. The van der Waals surface area contributed by atoms with E-state index in [1.807, 2.05) is 6.07 Å². The standard InChI is InChI=1S/C30H38N8O6/c1-18(2)26(39)36-23(12-20-14-31-16-33-20)29(42)38-10-6-9-25(38)28(41)35-22(11-19-7-4-3-5-8-19)27(40)37-24(30(43)44)13-21-15-32-17-34-21/h3-5,7-8,14-18,22-25H,6,9-13H2,1-2H3,(H,31,33)(H,32,34)(H,35,41)(H,36,39)(H,37,40)(H,43,44)/t22-,23-,24-,25-/m0/s1. The molecule has 1 fully saturated rings. The molecule has 44 heavy (non-hydrogen) atoms. The lowest BCUT2D eigenvalue weighted by Crippen LogP contribution is -2.58. The molecule has 14 nitrogen and oxygen atoms in total. The van der Waals surface area contributed by atoms with Crippen molar-refractivity contribution in [1.29, 1.82) is 0 Å². The molecule has 4 amide bonds. The number of aliphatic carboxylic acids is 1. The Balaban J connectivity index is 1.51. The van der Waals surface area contributed by atoms with Gasteiger partial charge in [-0.2, -0.15) is 0 Å². The van der Waals surface area contributed by atoms with Gasteiger partial charge in [-0.3, -0.25) is 19.2 Å². The van der Waals surface area contributed by atoms with E-state index in [9.17, 15) is 29.1 Å². The molecule has 0 radical (unpaired) electrons. The maximum Gasteiger partial charge on any atom is 0.326 e. The summed E-state index contributed by atoms with van der Waals surface area (Å²) in [7, 11) is 0. The molecule has 1 aliphatic rings. The second-order valence-corrected chi connectivity index (χ2v) is 11.1. The number of H-pyrrole nitrogens is 2. The molecule has 14 heteroatoms. The summed E-state index contributed by atoms with van der Waals surface area (Å²) in [6, 6.07) is 4.82. The zero-order chi connectivity index (χ0) is 31.6. The Morgan fingerprint density at radius 3 is 2.05 bits per heavy atom. The van der Waals surface area contributed by atoms with E-state index >= 15 is 0 Å². The molecule has 0 saturated carbocycles. The van der Waals surface area contributed by atoms with Crippen LogP contribution in [0.3, 0.4) is 0 Å². The van der Waals surface area contributed by atoms with Crippen LogP contribution in [0.4, 0.5) is 0 Å². The minimum atomic E-state index is -1.27. The number of imidazole rings is 2. The number of carbonyl (C=O) groups is 5. The Kier molecular flexibility index (Phi) is 10.8. The molecule has 0 aliphatic carbocycles. The summed E-state index contributed by atoms with van der Waals surface area (Å²) in [5.74, 6) is -3.53. The molecule has 3 heterocycles. The van der Waals surface area contributed by atoms with Gasteiger partial charge in [0.1, 0.15) is 24.2 Å². The van der Waals surface area contributed by atoms with E-state index in [1.165, 1.54) is 23.8 Å². The van der Waals surface area contributed by atoms with Gasteiger partial charge in [-0.1, -0.05) is 44.2 Å². The summed E-state index contributed by atoms with van der Waals surface area (Å²) in [5, 5.41) is 17.9. The topological polar surface area (TPSA) is 202 Å². The maximum absolute atomic E-state index is 13.8. The minimum Gasteiger partial charge on any atom is -0.480 e. The average Bonchev–Trinajstić information content (AvgIpc) is 3.80. The van der Waals surface area contributed by atoms with E-state index in [-0.39, 0.29) is 31.1 Å². The normalized spacial score (nSPS) is 16.6. The second kappa shape index (κ2) is 14.9. The Morgan fingerprint density at radius 1 is 0.864 bits per heavy atom. The first-order chi connectivity index (χ1) is 21.1. The highest BCUT2D eigenvalue weighted by Crippen LogP contribution is 2.20. The Bertz CT molecular complexity index is 1410. The van der Waals surface area contributed by atoms with Gasteiger partial charge in [0, 0.05) is 55.5 Å². The van der Waals surface area contributed by atoms with E-state index in [2.05, 4.69) is 35.9 Å². The van der Waals surface area contributed by atoms with Crippen molar-refractivity contribution in [2.45, 2.75) is 70.1 Å². The molecule has 4 rings (SSSR count). The lowest BCUT2D eigenvalue weighted by atomic mass is 10.0. The smallest absolute Gasteiger partial charge is 0.326 e.